The molecule has 1 saturated heterocycles. The molecule has 2 aliphatic carbocycles. The van der Waals surface area contributed by atoms with Gasteiger partial charge in [-0.2, -0.15) is 0 Å². The molecule has 8 heteroatoms. The third kappa shape index (κ3) is 3.77. The molecular formula is C18H30N6O2. The molecule has 0 aromatic carbocycles. The second-order valence-corrected chi connectivity index (χ2v) is 8.06. The third-order valence-electron chi connectivity index (χ3n) is 6.04. The van der Waals surface area contributed by atoms with Crippen LogP contribution >= 0.6 is 0 Å². The molecular weight excluding hydrogens is 332 g/mol. The van der Waals surface area contributed by atoms with E-state index in [2.05, 4.69) is 30.3 Å². The molecule has 8 nitrogen and oxygen atoms in total. The van der Waals surface area contributed by atoms with E-state index >= 15 is 0 Å². The van der Waals surface area contributed by atoms with Gasteiger partial charge >= 0.3 is 0 Å². The normalized spacial score (nSPS) is 26.7. The zero-order valence-corrected chi connectivity index (χ0v) is 15.5. The Morgan fingerprint density at radius 1 is 1.27 bits per heavy atom. The van der Waals surface area contributed by atoms with Crippen LogP contribution in [0.3, 0.4) is 0 Å². The molecule has 3 aliphatic rings. The maximum absolute atomic E-state index is 12.3. The van der Waals surface area contributed by atoms with Crippen molar-refractivity contribution >= 4 is 5.91 Å². The highest BCUT2D eigenvalue weighted by atomic mass is 16.3. The summed E-state index contributed by atoms with van der Waals surface area (Å²) in [6, 6.07) is 1.20. The van der Waals surface area contributed by atoms with Gasteiger partial charge in [0.15, 0.2) is 5.82 Å². The summed E-state index contributed by atoms with van der Waals surface area (Å²) in [5.41, 5.74) is 0. The molecule has 1 aromatic rings. The molecule has 0 bridgehead atoms. The Labute approximate surface area is 154 Å². The zero-order valence-electron chi connectivity index (χ0n) is 15.5. The number of hydrogen-bond donors (Lipinski definition) is 3. The smallest absolute Gasteiger partial charge is 0.234 e. The number of amides is 1. The van der Waals surface area contributed by atoms with Crippen LogP contribution in [0.4, 0.5) is 0 Å². The third-order valence-corrected chi connectivity index (χ3v) is 6.04. The molecule has 1 aliphatic heterocycles. The first-order chi connectivity index (χ1) is 12.7. The number of rotatable bonds is 7. The lowest BCUT2D eigenvalue weighted by Crippen LogP contribution is -2.49. The quantitative estimate of drug-likeness (QED) is 0.639. The predicted octanol–water partition coefficient (Wildman–Crippen LogP) is 0.151. The van der Waals surface area contributed by atoms with Crippen LogP contribution < -0.4 is 10.6 Å². The minimum Gasteiger partial charge on any atom is -0.388 e. The number of aromatic nitrogens is 3. The standard InChI is InChI=1S/C18H30N6O2/c1-23(14-4-6-19-7-5-14)10-17(26)20-13-8-12(9-13)18-22-21-16(11-25)24(18)15-2-3-15/h12-15,19,25H,2-11H2,1H3,(H,20,26). The summed E-state index contributed by atoms with van der Waals surface area (Å²) >= 11 is 0. The molecule has 1 aromatic heterocycles. The van der Waals surface area contributed by atoms with E-state index in [0.29, 0.717) is 30.4 Å². The molecule has 3 fully saturated rings. The SMILES string of the molecule is CN(CC(=O)NC1CC(c2nnc(CO)n2C2CC2)C1)C1CCNCC1. The minimum atomic E-state index is -0.0561. The van der Waals surface area contributed by atoms with Gasteiger partial charge in [-0.3, -0.25) is 9.69 Å². The molecule has 26 heavy (non-hydrogen) atoms. The van der Waals surface area contributed by atoms with Gasteiger partial charge in [-0.15, -0.1) is 10.2 Å². The Balaban J connectivity index is 1.25. The molecule has 4 rings (SSSR count). The summed E-state index contributed by atoms with van der Waals surface area (Å²) in [5.74, 6) is 2.14. The molecule has 0 radical (unpaired) electrons. The van der Waals surface area contributed by atoms with Gasteiger partial charge in [-0.05, 0) is 58.7 Å². The van der Waals surface area contributed by atoms with Crippen molar-refractivity contribution in [1.29, 1.82) is 0 Å². The Kier molecular flexibility index (Phi) is 5.24. The fraction of sp³-hybridized carbons (Fsp3) is 0.833. The van der Waals surface area contributed by atoms with Crippen molar-refractivity contribution in [2.75, 3.05) is 26.7 Å². The number of aliphatic hydroxyl groups is 1. The fourth-order valence-corrected chi connectivity index (χ4v) is 4.28. The van der Waals surface area contributed by atoms with Crippen LogP contribution in [-0.2, 0) is 11.4 Å². The first kappa shape index (κ1) is 17.9. The number of likely N-dealkylation sites (N-methyl/N-ethyl adjacent to an activating group) is 1. The van der Waals surface area contributed by atoms with Crippen molar-refractivity contribution in [1.82, 2.24) is 30.3 Å². The Bertz CT molecular complexity index is 632. The van der Waals surface area contributed by atoms with Crippen molar-refractivity contribution in [3.63, 3.8) is 0 Å². The average molecular weight is 362 g/mol. The first-order valence-electron chi connectivity index (χ1n) is 9.90. The molecule has 0 spiro atoms. The van der Waals surface area contributed by atoms with E-state index in [0.717, 1.165) is 57.4 Å². The number of piperidine rings is 1. The molecule has 2 heterocycles. The highest BCUT2D eigenvalue weighted by molar-refractivity contribution is 5.78. The van der Waals surface area contributed by atoms with Gasteiger partial charge in [0.25, 0.3) is 0 Å². The topological polar surface area (TPSA) is 95.3 Å². The highest BCUT2D eigenvalue weighted by Crippen LogP contribution is 2.42. The van der Waals surface area contributed by atoms with Gasteiger partial charge in [0.05, 0.1) is 6.54 Å². The van der Waals surface area contributed by atoms with E-state index in [4.69, 9.17) is 0 Å². The number of carbonyl (C=O) groups excluding carboxylic acids is 1. The second kappa shape index (κ2) is 7.62. The van der Waals surface area contributed by atoms with E-state index in [1.807, 2.05) is 7.05 Å². The lowest BCUT2D eigenvalue weighted by molar-refractivity contribution is -0.123. The van der Waals surface area contributed by atoms with Crippen molar-refractivity contribution < 1.29 is 9.90 Å². The van der Waals surface area contributed by atoms with Crippen LogP contribution in [0.25, 0.3) is 0 Å². The number of nitrogens with zero attached hydrogens (tertiary/aromatic N) is 4. The maximum Gasteiger partial charge on any atom is 0.234 e. The Morgan fingerprint density at radius 2 is 2.00 bits per heavy atom. The van der Waals surface area contributed by atoms with Crippen molar-refractivity contribution in [2.24, 2.45) is 0 Å². The predicted molar refractivity (Wildman–Crippen MR) is 96.6 cm³/mol. The van der Waals surface area contributed by atoms with Gasteiger partial charge in [0.1, 0.15) is 12.4 Å². The molecule has 0 atom stereocenters. The molecule has 144 valence electrons. The number of aliphatic hydroxyl groups excluding tert-OH is 1. The minimum absolute atomic E-state index is 0.0561. The van der Waals surface area contributed by atoms with E-state index in [1.165, 1.54) is 0 Å². The molecule has 1 amide bonds. The van der Waals surface area contributed by atoms with Crippen molar-refractivity contribution in [3.05, 3.63) is 11.6 Å². The first-order valence-corrected chi connectivity index (χ1v) is 9.90. The van der Waals surface area contributed by atoms with Gasteiger partial charge in [0.2, 0.25) is 5.91 Å². The average Bonchev–Trinajstić information content (AvgIpc) is 3.37. The van der Waals surface area contributed by atoms with Crippen LogP contribution in [-0.4, -0.2) is 69.4 Å². The second-order valence-electron chi connectivity index (χ2n) is 8.06. The monoisotopic (exact) mass is 362 g/mol. The number of carbonyl (C=O) groups is 1. The van der Waals surface area contributed by atoms with E-state index in [-0.39, 0.29) is 18.6 Å². The number of hydrogen-bond acceptors (Lipinski definition) is 6. The van der Waals surface area contributed by atoms with Crippen LogP contribution in [0.5, 0.6) is 0 Å². The van der Waals surface area contributed by atoms with Crippen LogP contribution in [0, 0.1) is 0 Å². The maximum atomic E-state index is 12.3. The largest absolute Gasteiger partial charge is 0.388 e. The van der Waals surface area contributed by atoms with Gasteiger partial charge in [0, 0.05) is 24.0 Å². The Hall–Kier alpha value is -1.51. The highest BCUT2D eigenvalue weighted by Gasteiger charge is 2.38. The van der Waals surface area contributed by atoms with E-state index in [1.54, 1.807) is 0 Å². The van der Waals surface area contributed by atoms with Crippen molar-refractivity contribution in [2.45, 2.75) is 69.2 Å². The van der Waals surface area contributed by atoms with Crippen molar-refractivity contribution in [3.8, 4) is 0 Å². The summed E-state index contributed by atoms with van der Waals surface area (Å²) in [6.45, 7) is 2.50. The van der Waals surface area contributed by atoms with Crippen LogP contribution in [0.15, 0.2) is 0 Å². The molecule has 0 unspecified atom stereocenters. The molecule has 3 N–H and O–H groups in total. The fourth-order valence-electron chi connectivity index (χ4n) is 4.28. The summed E-state index contributed by atoms with van der Waals surface area (Å²) in [6.07, 6.45) is 6.35. The summed E-state index contributed by atoms with van der Waals surface area (Å²) in [5, 5.41) is 24.4. The zero-order chi connectivity index (χ0) is 18.1. The van der Waals surface area contributed by atoms with Crippen LogP contribution in [0.2, 0.25) is 0 Å². The summed E-state index contributed by atoms with van der Waals surface area (Å²) in [4.78, 5) is 14.5. The number of nitrogens with one attached hydrogen (secondary N) is 2. The summed E-state index contributed by atoms with van der Waals surface area (Å²) in [7, 11) is 2.05. The lowest BCUT2D eigenvalue weighted by Gasteiger charge is -2.36. The Morgan fingerprint density at radius 3 is 2.65 bits per heavy atom. The van der Waals surface area contributed by atoms with Gasteiger partial charge in [-0.1, -0.05) is 0 Å². The van der Waals surface area contributed by atoms with Gasteiger partial charge < -0.3 is 20.3 Å². The van der Waals surface area contributed by atoms with Crippen LogP contribution in [0.1, 0.15) is 62.1 Å². The summed E-state index contributed by atoms with van der Waals surface area (Å²) < 4.78 is 2.13. The van der Waals surface area contributed by atoms with E-state index < -0.39 is 0 Å². The van der Waals surface area contributed by atoms with Gasteiger partial charge in [-0.25, -0.2) is 0 Å². The molecule has 2 saturated carbocycles. The lowest BCUT2D eigenvalue weighted by atomic mass is 9.79. The van der Waals surface area contributed by atoms with E-state index in [9.17, 15) is 9.90 Å².